The van der Waals surface area contributed by atoms with E-state index in [0.29, 0.717) is 5.69 Å². The summed E-state index contributed by atoms with van der Waals surface area (Å²) in [4.78, 5) is 6.36. The first-order chi connectivity index (χ1) is 13.4. The molecule has 0 spiro atoms. The minimum atomic E-state index is -3.78. The Kier molecular flexibility index (Phi) is 5.07. The van der Waals surface area contributed by atoms with Gasteiger partial charge in [0, 0.05) is 19.9 Å². The number of benzene rings is 2. The second kappa shape index (κ2) is 7.52. The Bertz CT molecular complexity index is 1090. The van der Waals surface area contributed by atoms with Crippen molar-refractivity contribution in [2.45, 2.75) is 24.2 Å². The number of aromatic nitrogens is 2. The second-order valence-electron chi connectivity index (χ2n) is 7.31. The highest BCUT2D eigenvalue weighted by Gasteiger charge is 2.18. The minimum absolute atomic E-state index is 0.0179. The van der Waals surface area contributed by atoms with Crippen LogP contribution in [0.4, 0.5) is 10.1 Å². The number of hydrogen-bond donors (Lipinski definition) is 2. The highest BCUT2D eigenvalue weighted by Crippen LogP contribution is 2.22. The molecule has 0 saturated carbocycles. The molecule has 1 aliphatic heterocycles. The summed E-state index contributed by atoms with van der Waals surface area (Å²) in [5, 5.41) is 0. The third kappa shape index (κ3) is 3.88. The largest absolute Gasteiger partial charge is 0.335 e. The van der Waals surface area contributed by atoms with Crippen molar-refractivity contribution in [2.75, 3.05) is 24.4 Å². The molecule has 1 aromatic heterocycles. The SMILES string of the molecule is Cn1c(CC[NH+]2CCCC2)nc2cc(NS(=O)(=O)c3ccc(F)cc3)ccc21. The Balaban J connectivity index is 1.54. The number of nitrogens with one attached hydrogen (secondary N) is 2. The van der Waals surface area contributed by atoms with Crippen LogP contribution in [-0.2, 0) is 23.5 Å². The lowest BCUT2D eigenvalue weighted by atomic mass is 10.3. The van der Waals surface area contributed by atoms with Gasteiger partial charge in [0.15, 0.2) is 0 Å². The van der Waals surface area contributed by atoms with Gasteiger partial charge in [0.1, 0.15) is 11.6 Å². The fraction of sp³-hybridized carbons (Fsp3) is 0.350. The van der Waals surface area contributed by atoms with Crippen LogP contribution in [0.25, 0.3) is 11.0 Å². The summed E-state index contributed by atoms with van der Waals surface area (Å²) in [7, 11) is -1.79. The molecule has 2 N–H and O–H groups in total. The van der Waals surface area contributed by atoms with Crippen molar-refractivity contribution < 1.29 is 17.7 Å². The van der Waals surface area contributed by atoms with E-state index in [0.717, 1.165) is 42.0 Å². The highest BCUT2D eigenvalue weighted by atomic mass is 32.2. The first-order valence-corrected chi connectivity index (χ1v) is 11.0. The zero-order valence-electron chi connectivity index (χ0n) is 15.8. The van der Waals surface area contributed by atoms with E-state index >= 15 is 0 Å². The Morgan fingerprint density at radius 3 is 2.57 bits per heavy atom. The zero-order valence-corrected chi connectivity index (χ0v) is 16.6. The van der Waals surface area contributed by atoms with E-state index in [-0.39, 0.29) is 4.90 Å². The van der Waals surface area contributed by atoms with Gasteiger partial charge in [0.05, 0.1) is 47.7 Å². The number of hydrogen-bond acceptors (Lipinski definition) is 3. The number of likely N-dealkylation sites (tertiary alicyclic amines) is 1. The standard InChI is InChI=1S/C20H23FN4O2S/c1-24-19-9-6-16(23-28(26,27)17-7-4-15(21)5-8-17)14-18(19)22-20(24)10-13-25-11-2-3-12-25/h4-9,14,23H,2-3,10-13H2,1H3/p+1. The molecule has 148 valence electrons. The van der Waals surface area contributed by atoms with Crippen LogP contribution >= 0.6 is 0 Å². The summed E-state index contributed by atoms with van der Waals surface area (Å²) >= 11 is 0. The van der Waals surface area contributed by atoms with Crippen molar-refractivity contribution in [1.82, 2.24) is 9.55 Å². The minimum Gasteiger partial charge on any atom is -0.335 e. The molecular formula is C20H24FN4O2S+. The number of nitrogens with zero attached hydrogens (tertiary/aromatic N) is 2. The molecule has 0 aliphatic carbocycles. The fourth-order valence-electron chi connectivity index (χ4n) is 3.78. The molecule has 4 rings (SSSR count). The Morgan fingerprint density at radius 1 is 1.14 bits per heavy atom. The van der Waals surface area contributed by atoms with Gasteiger partial charge in [0.2, 0.25) is 0 Å². The Morgan fingerprint density at radius 2 is 1.86 bits per heavy atom. The Labute approximate surface area is 164 Å². The van der Waals surface area contributed by atoms with Gasteiger partial charge in [0.25, 0.3) is 10.0 Å². The maximum atomic E-state index is 13.1. The summed E-state index contributed by atoms with van der Waals surface area (Å²) in [5.41, 5.74) is 2.16. The van der Waals surface area contributed by atoms with Crippen molar-refractivity contribution >= 4 is 26.7 Å². The van der Waals surface area contributed by atoms with E-state index in [1.165, 1.54) is 38.1 Å². The molecule has 0 unspecified atom stereocenters. The molecule has 8 heteroatoms. The van der Waals surface area contributed by atoms with Crippen LogP contribution in [0, 0.1) is 5.82 Å². The van der Waals surface area contributed by atoms with Crippen LogP contribution in [0.3, 0.4) is 0 Å². The summed E-state index contributed by atoms with van der Waals surface area (Å²) in [6.45, 7) is 3.54. The lowest BCUT2D eigenvalue weighted by Crippen LogP contribution is -3.10. The van der Waals surface area contributed by atoms with Crippen LogP contribution in [0.15, 0.2) is 47.4 Å². The lowest BCUT2D eigenvalue weighted by Gasteiger charge is -2.11. The van der Waals surface area contributed by atoms with Gasteiger partial charge in [-0.3, -0.25) is 4.72 Å². The van der Waals surface area contributed by atoms with Crippen molar-refractivity contribution in [2.24, 2.45) is 7.05 Å². The monoisotopic (exact) mass is 403 g/mol. The number of quaternary nitrogens is 1. The summed E-state index contributed by atoms with van der Waals surface area (Å²) in [5.74, 6) is 0.532. The van der Waals surface area contributed by atoms with Crippen LogP contribution < -0.4 is 9.62 Å². The van der Waals surface area contributed by atoms with Crippen molar-refractivity contribution in [1.29, 1.82) is 0 Å². The van der Waals surface area contributed by atoms with Gasteiger partial charge in [-0.15, -0.1) is 0 Å². The first kappa shape index (κ1) is 18.9. The van der Waals surface area contributed by atoms with Crippen LogP contribution in [0.2, 0.25) is 0 Å². The molecule has 28 heavy (non-hydrogen) atoms. The van der Waals surface area contributed by atoms with Crippen molar-refractivity contribution in [3.63, 3.8) is 0 Å². The predicted molar refractivity (Wildman–Crippen MR) is 106 cm³/mol. The van der Waals surface area contributed by atoms with Gasteiger partial charge in [-0.1, -0.05) is 0 Å². The van der Waals surface area contributed by atoms with E-state index in [1.54, 1.807) is 17.0 Å². The molecule has 3 aromatic rings. The maximum absolute atomic E-state index is 13.1. The normalized spacial score (nSPS) is 15.4. The van der Waals surface area contributed by atoms with E-state index in [1.807, 2.05) is 13.1 Å². The molecule has 1 saturated heterocycles. The topological polar surface area (TPSA) is 68.4 Å². The summed E-state index contributed by atoms with van der Waals surface area (Å²) in [6, 6.07) is 10.1. The number of aryl methyl sites for hydroxylation is 1. The quantitative estimate of drug-likeness (QED) is 0.659. The molecular weight excluding hydrogens is 379 g/mol. The van der Waals surface area contributed by atoms with Gasteiger partial charge < -0.3 is 9.47 Å². The maximum Gasteiger partial charge on any atom is 0.261 e. The number of halogens is 1. The summed E-state index contributed by atoms with van der Waals surface area (Å²) < 4.78 is 42.7. The molecule has 0 atom stereocenters. The first-order valence-electron chi connectivity index (χ1n) is 9.50. The molecule has 2 aromatic carbocycles. The smallest absolute Gasteiger partial charge is 0.261 e. The molecule has 1 aliphatic rings. The number of anilines is 1. The molecule has 6 nitrogen and oxygen atoms in total. The molecule has 0 amide bonds. The van der Waals surface area contributed by atoms with Crippen LogP contribution in [0.5, 0.6) is 0 Å². The van der Waals surface area contributed by atoms with Crippen LogP contribution in [0.1, 0.15) is 18.7 Å². The average molecular weight is 404 g/mol. The Hall–Kier alpha value is -2.45. The number of sulfonamides is 1. The molecule has 0 radical (unpaired) electrons. The van der Waals surface area contributed by atoms with Gasteiger partial charge in [-0.2, -0.15) is 0 Å². The zero-order chi connectivity index (χ0) is 19.7. The van der Waals surface area contributed by atoms with Gasteiger partial charge in [-0.05, 0) is 42.5 Å². The van der Waals surface area contributed by atoms with Gasteiger partial charge >= 0.3 is 0 Å². The number of rotatable bonds is 6. The average Bonchev–Trinajstić information content (AvgIpc) is 3.28. The van der Waals surface area contributed by atoms with Crippen molar-refractivity contribution in [3.8, 4) is 0 Å². The third-order valence-corrected chi connectivity index (χ3v) is 6.76. The molecule has 2 heterocycles. The highest BCUT2D eigenvalue weighted by molar-refractivity contribution is 7.92. The van der Waals surface area contributed by atoms with Crippen LogP contribution in [-0.4, -0.2) is 37.6 Å². The summed E-state index contributed by atoms with van der Waals surface area (Å²) in [6.07, 6.45) is 3.50. The van der Waals surface area contributed by atoms with E-state index in [4.69, 9.17) is 4.98 Å². The van der Waals surface area contributed by atoms with E-state index in [2.05, 4.69) is 9.29 Å². The molecule has 0 bridgehead atoms. The van der Waals surface area contributed by atoms with E-state index in [9.17, 15) is 12.8 Å². The van der Waals surface area contributed by atoms with E-state index < -0.39 is 15.8 Å². The number of imidazole rings is 1. The van der Waals surface area contributed by atoms with Crippen molar-refractivity contribution in [3.05, 3.63) is 54.1 Å². The lowest BCUT2D eigenvalue weighted by molar-refractivity contribution is -0.887. The fourth-order valence-corrected chi connectivity index (χ4v) is 4.83. The second-order valence-corrected chi connectivity index (χ2v) is 8.99. The predicted octanol–water partition coefficient (Wildman–Crippen LogP) is 1.73. The number of fused-ring (bicyclic) bond motifs is 1. The third-order valence-electron chi connectivity index (χ3n) is 5.36. The molecule has 1 fully saturated rings. The van der Waals surface area contributed by atoms with Gasteiger partial charge in [-0.25, -0.2) is 17.8 Å².